The first-order valence-electron chi connectivity index (χ1n) is 7.58. The maximum absolute atomic E-state index is 2.30. The SMILES string of the molecule is CCCCCCC(CCCCCC)=C1CC1. The number of hydrogen-bond donors (Lipinski definition) is 0. The lowest BCUT2D eigenvalue weighted by Gasteiger charge is -2.07. The molecule has 0 N–H and O–H groups in total. The fourth-order valence-corrected chi connectivity index (χ4v) is 2.42. The van der Waals surface area contributed by atoms with E-state index < -0.39 is 0 Å². The topological polar surface area (TPSA) is 0 Å². The highest BCUT2D eigenvalue weighted by Crippen LogP contribution is 2.36. The summed E-state index contributed by atoms with van der Waals surface area (Å²) in [4.78, 5) is 0. The van der Waals surface area contributed by atoms with Crippen LogP contribution in [0.3, 0.4) is 0 Å². The highest BCUT2D eigenvalue weighted by molar-refractivity contribution is 5.25. The summed E-state index contributed by atoms with van der Waals surface area (Å²) in [5.74, 6) is 0. The molecular formula is C16H30. The molecule has 0 aliphatic heterocycles. The molecule has 1 aliphatic rings. The average molecular weight is 222 g/mol. The van der Waals surface area contributed by atoms with Crippen LogP contribution in [-0.4, -0.2) is 0 Å². The molecule has 1 rings (SSSR count). The molecule has 0 heteroatoms. The molecule has 0 spiro atoms. The molecule has 0 saturated heterocycles. The van der Waals surface area contributed by atoms with Crippen molar-refractivity contribution in [2.24, 2.45) is 0 Å². The molecule has 0 radical (unpaired) electrons. The summed E-state index contributed by atoms with van der Waals surface area (Å²) in [6, 6.07) is 0. The minimum atomic E-state index is 1.36. The minimum absolute atomic E-state index is 1.36. The Morgan fingerprint density at radius 3 is 1.62 bits per heavy atom. The van der Waals surface area contributed by atoms with E-state index in [1.165, 1.54) is 77.0 Å². The summed E-state index contributed by atoms with van der Waals surface area (Å²) in [7, 11) is 0. The molecule has 1 saturated carbocycles. The largest absolute Gasteiger partial charge is 0.0710 e. The molecular weight excluding hydrogens is 192 g/mol. The summed E-state index contributed by atoms with van der Waals surface area (Å²) in [5.41, 5.74) is 3.68. The Kier molecular flexibility index (Phi) is 7.63. The summed E-state index contributed by atoms with van der Waals surface area (Å²) in [6.07, 6.45) is 17.1. The number of hydrogen-bond acceptors (Lipinski definition) is 0. The van der Waals surface area contributed by atoms with Gasteiger partial charge in [0, 0.05) is 0 Å². The summed E-state index contributed by atoms with van der Waals surface area (Å²) in [5, 5.41) is 0. The molecule has 94 valence electrons. The monoisotopic (exact) mass is 222 g/mol. The van der Waals surface area contributed by atoms with E-state index >= 15 is 0 Å². The third kappa shape index (κ3) is 6.35. The fraction of sp³-hybridized carbons (Fsp3) is 0.875. The van der Waals surface area contributed by atoms with Gasteiger partial charge in [0.05, 0.1) is 0 Å². The molecule has 0 aromatic rings. The Balaban J connectivity index is 2.10. The predicted octanol–water partition coefficient (Wildman–Crippen LogP) is 6.02. The second-order valence-electron chi connectivity index (χ2n) is 5.33. The van der Waals surface area contributed by atoms with Crippen molar-refractivity contribution in [2.45, 2.75) is 90.9 Å². The Morgan fingerprint density at radius 2 is 1.25 bits per heavy atom. The van der Waals surface area contributed by atoms with Crippen molar-refractivity contribution in [1.82, 2.24) is 0 Å². The Bertz CT molecular complexity index is 180. The summed E-state index contributed by atoms with van der Waals surface area (Å²) < 4.78 is 0. The van der Waals surface area contributed by atoms with E-state index in [0.717, 1.165) is 0 Å². The van der Waals surface area contributed by atoms with Gasteiger partial charge in [-0.2, -0.15) is 0 Å². The van der Waals surface area contributed by atoms with Crippen LogP contribution in [0, 0.1) is 0 Å². The van der Waals surface area contributed by atoms with Crippen LogP contribution in [0.2, 0.25) is 0 Å². The molecule has 0 atom stereocenters. The van der Waals surface area contributed by atoms with Crippen molar-refractivity contribution in [3.63, 3.8) is 0 Å². The van der Waals surface area contributed by atoms with E-state index in [-0.39, 0.29) is 0 Å². The molecule has 0 bridgehead atoms. The van der Waals surface area contributed by atoms with Crippen LogP contribution in [0.25, 0.3) is 0 Å². The zero-order valence-electron chi connectivity index (χ0n) is 11.5. The van der Waals surface area contributed by atoms with Gasteiger partial charge in [0.25, 0.3) is 0 Å². The van der Waals surface area contributed by atoms with Crippen molar-refractivity contribution in [3.8, 4) is 0 Å². The lowest BCUT2D eigenvalue weighted by atomic mass is 9.99. The van der Waals surface area contributed by atoms with Gasteiger partial charge >= 0.3 is 0 Å². The van der Waals surface area contributed by atoms with E-state index in [2.05, 4.69) is 13.8 Å². The minimum Gasteiger partial charge on any atom is -0.0710 e. The number of unbranched alkanes of at least 4 members (excludes halogenated alkanes) is 6. The Hall–Kier alpha value is -0.260. The highest BCUT2D eigenvalue weighted by atomic mass is 14.2. The van der Waals surface area contributed by atoms with Gasteiger partial charge in [-0.05, 0) is 38.5 Å². The normalized spacial score (nSPS) is 14.2. The molecule has 1 aliphatic carbocycles. The Morgan fingerprint density at radius 1 is 0.750 bits per heavy atom. The van der Waals surface area contributed by atoms with Gasteiger partial charge in [-0.3, -0.25) is 0 Å². The molecule has 1 fully saturated rings. The zero-order valence-corrected chi connectivity index (χ0v) is 11.5. The third-order valence-corrected chi connectivity index (χ3v) is 3.66. The van der Waals surface area contributed by atoms with Crippen molar-refractivity contribution >= 4 is 0 Å². The molecule has 0 aromatic heterocycles. The van der Waals surface area contributed by atoms with Crippen molar-refractivity contribution in [1.29, 1.82) is 0 Å². The van der Waals surface area contributed by atoms with Gasteiger partial charge in [-0.15, -0.1) is 0 Å². The van der Waals surface area contributed by atoms with Crippen LogP contribution >= 0.6 is 0 Å². The highest BCUT2D eigenvalue weighted by Gasteiger charge is 2.16. The molecule has 0 nitrogen and oxygen atoms in total. The van der Waals surface area contributed by atoms with Crippen molar-refractivity contribution in [3.05, 3.63) is 11.1 Å². The van der Waals surface area contributed by atoms with Gasteiger partial charge in [0.15, 0.2) is 0 Å². The smallest absolute Gasteiger partial charge is 0.0280 e. The zero-order chi connectivity index (χ0) is 11.6. The lowest BCUT2D eigenvalue weighted by Crippen LogP contribution is -1.87. The van der Waals surface area contributed by atoms with E-state index in [0.29, 0.717) is 0 Å². The maximum atomic E-state index is 2.30. The summed E-state index contributed by atoms with van der Waals surface area (Å²) >= 11 is 0. The van der Waals surface area contributed by atoms with E-state index in [9.17, 15) is 0 Å². The standard InChI is InChI=1S/C16H30/c1-3-5-7-9-11-15(16-13-14-16)12-10-8-6-4-2/h3-14H2,1-2H3. The van der Waals surface area contributed by atoms with Gasteiger partial charge in [-0.25, -0.2) is 0 Å². The summed E-state index contributed by atoms with van der Waals surface area (Å²) in [6.45, 7) is 4.59. The van der Waals surface area contributed by atoms with Gasteiger partial charge in [0.1, 0.15) is 0 Å². The molecule has 0 aromatic carbocycles. The Labute approximate surface area is 103 Å². The maximum Gasteiger partial charge on any atom is -0.0280 e. The first-order valence-corrected chi connectivity index (χ1v) is 7.58. The fourth-order valence-electron chi connectivity index (χ4n) is 2.42. The molecule has 16 heavy (non-hydrogen) atoms. The molecule has 0 amide bonds. The van der Waals surface area contributed by atoms with Crippen LogP contribution in [0.4, 0.5) is 0 Å². The predicted molar refractivity (Wildman–Crippen MR) is 73.8 cm³/mol. The van der Waals surface area contributed by atoms with Crippen LogP contribution < -0.4 is 0 Å². The van der Waals surface area contributed by atoms with Crippen molar-refractivity contribution < 1.29 is 0 Å². The van der Waals surface area contributed by atoms with Crippen LogP contribution in [0.15, 0.2) is 11.1 Å². The van der Waals surface area contributed by atoms with Gasteiger partial charge < -0.3 is 0 Å². The van der Waals surface area contributed by atoms with E-state index in [4.69, 9.17) is 0 Å². The number of allylic oxidation sites excluding steroid dienone is 2. The first-order chi connectivity index (χ1) is 7.88. The molecule has 0 heterocycles. The van der Waals surface area contributed by atoms with Crippen LogP contribution in [0.1, 0.15) is 90.9 Å². The first kappa shape index (κ1) is 13.8. The quantitative estimate of drug-likeness (QED) is 0.313. The van der Waals surface area contributed by atoms with Gasteiger partial charge in [0.2, 0.25) is 0 Å². The van der Waals surface area contributed by atoms with Crippen LogP contribution in [0.5, 0.6) is 0 Å². The van der Waals surface area contributed by atoms with E-state index in [1.807, 2.05) is 11.1 Å². The molecule has 0 unspecified atom stereocenters. The average Bonchev–Trinajstić information content (AvgIpc) is 3.11. The van der Waals surface area contributed by atoms with Crippen LogP contribution in [-0.2, 0) is 0 Å². The van der Waals surface area contributed by atoms with Gasteiger partial charge in [-0.1, -0.05) is 63.5 Å². The number of rotatable bonds is 10. The van der Waals surface area contributed by atoms with Crippen molar-refractivity contribution in [2.75, 3.05) is 0 Å². The van der Waals surface area contributed by atoms with E-state index in [1.54, 1.807) is 0 Å². The second kappa shape index (κ2) is 8.84. The second-order valence-corrected chi connectivity index (χ2v) is 5.33. The lowest BCUT2D eigenvalue weighted by molar-refractivity contribution is 0.623. The third-order valence-electron chi connectivity index (χ3n) is 3.66.